The van der Waals surface area contributed by atoms with Crippen molar-refractivity contribution >= 4 is 21.8 Å². The number of fused-ring (bicyclic) bond motifs is 2. The first-order valence-corrected chi connectivity index (χ1v) is 21.1. The second-order valence-corrected chi connectivity index (χ2v) is 15.8. The normalized spacial score (nSPS) is 11.6. The van der Waals surface area contributed by atoms with Crippen LogP contribution < -0.4 is 4.74 Å². The van der Waals surface area contributed by atoms with E-state index < -0.39 is 86.7 Å². The number of aromatic nitrogens is 2. The first-order valence-electron chi connectivity index (χ1n) is 21.1. The van der Waals surface area contributed by atoms with E-state index in [0.29, 0.717) is 53.5 Å². The molecule has 0 saturated carbocycles. The number of nitrogens with zero attached hydrogens (tertiary/aromatic N) is 2. The van der Waals surface area contributed by atoms with E-state index in [1.165, 1.54) is 17.6 Å². The third kappa shape index (κ3) is 9.16. The largest absolute Gasteiger partial charge is 0.432 e. The van der Waals surface area contributed by atoms with Crippen LogP contribution in [-0.4, -0.2) is 9.13 Å². The highest BCUT2D eigenvalue weighted by molar-refractivity contribution is 5.96. The third-order valence-electron chi connectivity index (χ3n) is 11.3. The summed E-state index contributed by atoms with van der Waals surface area (Å²) < 4.78 is 178. The molecule has 0 spiro atoms. The van der Waals surface area contributed by atoms with Gasteiger partial charge in [-0.3, -0.25) is 0 Å². The van der Waals surface area contributed by atoms with Gasteiger partial charge in [-0.15, -0.1) is 0 Å². The number of aryl methyl sites for hydroxylation is 2. The molecule has 0 unspecified atom stereocenters. The van der Waals surface area contributed by atoms with Crippen molar-refractivity contribution in [3.63, 3.8) is 0 Å². The minimum atomic E-state index is -4.66. The SMILES string of the molecule is CCCn1ccc2c(-c3ccc(-c4cc(F)c(F)c(F)c4)cc3)cccc21.CCCn1ccc2c(F)c(-c3cc(F)c(C(F)(F)Oc4ccc(-c5cc(F)c(F)c(F)c5)c(F)c4)c(F)c3)ccc21. The number of halogens is 12. The first kappa shape index (κ1) is 47.1. The van der Waals surface area contributed by atoms with Crippen molar-refractivity contribution in [1.29, 1.82) is 0 Å². The van der Waals surface area contributed by atoms with Crippen LogP contribution in [-0.2, 0) is 19.2 Å². The highest BCUT2D eigenvalue weighted by Crippen LogP contribution is 2.40. The second-order valence-electron chi connectivity index (χ2n) is 15.8. The van der Waals surface area contributed by atoms with Gasteiger partial charge in [0.15, 0.2) is 34.9 Å². The van der Waals surface area contributed by atoms with E-state index in [1.54, 1.807) is 29.0 Å². The molecule has 0 aliphatic rings. The molecule has 0 amide bonds. The average molecular weight is 945 g/mol. The molecule has 68 heavy (non-hydrogen) atoms. The summed E-state index contributed by atoms with van der Waals surface area (Å²) in [5.74, 6) is -15.3. The fraction of sp³-hybridized carbons (Fsp3) is 0.132. The summed E-state index contributed by atoms with van der Waals surface area (Å²) >= 11 is 0. The Kier molecular flexibility index (Phi) is 13.2. The van der Waals surface area contributed by atoms with Gasteiger partial charge in [-0.2, -0.15) is 8.78 Å². The maximum Gasteiger partial charge on any atom is 0.432 e. The molecule has 0 atom stereocenters. The molecule has 9 rings (SSSR count). The summed E-state index contributed by atoms with van der Waals surface area (Å²) in [5, 5.41) is 1.35. The number of ether oxygens (including phenoxy) is 1. The van der Waals surface area contributed by atoms with Gasteiger partial charge in [0, 0.05) is 59.0 Å². The Morgan fingerprint density at radius 3 is 1.46 bits per heavy atom. The maximum atomic E-state index is 15.2. The highest BCUT2D eigenvalue weighted by Gasteiger charge is 2.41. The predicted molar refractivity (Wildman–Crippen MR) is 237 cm³/mol. The molecule has 0 N–H and O–H groups in total. The zero-order valence-electron chi connectivity index (χ0n) is 35.9. The van der Waals surface area contributed by atoms with Crippen LogP contribution in [0.3, 0.4) is 0 Å². The molecule has 0 saturated heterocycles. The summed E-state index contributed by atoms with van der Waals surface area (Å²) in [6, 6.07) is 26.1. The van der Waals surface area contributed by atoms with Crippen molar-refractivity contribution in [2.75, 3.05) is 0 Å². The fourth-order valence-electron chi connectivity index (χ4n) is 8.08. The van der Waals surface area contributed by atoms with Crippen molar-refractivity contribution in [2.24, 2.45) is 0 Å². The van der Waals surface area contributed by atoms with E-state index in [9.17, 15) is 48.3 Å². The van der Waals surface area contributed by atoms with Crippen LogP contribution >= 0.6 is 0 Å². The molecule has 2 heterocycles. The lowest BCUT2D eigenvalue weighted by Crippen LogP contribution is -2.25. The van der Waals surface area contributed by atoms with E-state index in [1.807, 2.05) is 25.1 Å². The van der Waals surface area contributed by atoms with Gasteiger partial charge in [-0.25, -0.2) is 43.9 Å². The number of rotatable bonds is 11. The summed E-state index contributed by atoms with van der Waals surface area (Å²) in [5.41, 5.74) is 1.53. The Labute approximate surface area is 381 Å². The van der Waals surface area contributed by atoms with Crippen LogP contribution in [0.15, 0.2) is 134 Å². The quantitative estimate of drug-likeness (QED) is 0.0934. The number of hydrogen-bond acceptors (Lipinski definition) is 1. The van der Waals surface area contributed by atoms with E-state index in [2.05, 4.69) is 40.6 Å². The summed E-state index contributed by atoms with van der Waals surface area (Å²) in [6.07, 6.45) is 0.944. The van der Waals surface area contributed by atoms with Crippen LogP contribution in [0.4, 0.5) is 52.7 Å². The lowest BCUT2D eigenvalue weighted by molar-refractivity contribution is -0.189. The Hall–Kier alpha value is -7.42. The first-order chi connectivity index (χ1) is 32.5. The Bertz CT molecular complexity index is 3270. The Balaban J connectivity index is 0.000000200. The van der Waals surface area contributed by atoms with Crippen molar-refractivity contribution in [3.8, 4) is 50.3 Å². The Morgan fingerprint density at radius 2 is 0.897 bits per heavy atom. The summed E-state index contributed by atoms with van der Waals surface area (Å²) in [4.78, 5) is 0. The number of benzene rings is 7. The topological polar surface area (TPSA) is 19.1 Å². The van der Waals surface area contributed by atoms with E-state index in [0.717, 1.165) is 60.2 Å². The fourth-order valence-corrected chi connectivity index (χ4v) is 8.08. The predicted octanol–water partition coefficient (Wildman–Crippen LogP) is 16.3. The van der Waals surface area contributed by atoms with Crippen LogP contribution in [0.1, 0.15) is 32.3 Å². The molecule has 0 fully saturated rings. The zero-order chi connectivity index (χ0) is 48.6. The summed E-state index contributed by atoms with van der Waals surface area (Å²) in [6.45, 7) is 5.67. The standard InChI is InChI=1S/C30H18F9NO.C23H18F3N/c1-2-8-40-9-7-20-26(40)6-5-19(28(20)36)16-10-22(32)27(23(33)11-16)30(38,39)41-17-3-4-18(21(31)14-17)15-12-24(34)29(37)25(35)13-15;1-2-11-27-12-10-19-18(4-3-5-22(19)27)16-8-6-15(7-9-16)17-13-20(24)23(26)21(25)14-17/h3-7,9-14H,2,8H2,1H3;3-10,12-14H,2,11H2,1H3. The van der Waals surface area contributed by atoms with Gasteiger partial charge in [0.25, 0.3) is 0 Å². The molecule has 0 radical (unpaired) electrons. The van der Waals surface area contributed by atoms with Gasteiger partial charge in [-0.05, 0) is 125 Å². The van der Waals surface area contributed by atoms with Crippen LogP contribution in [0.2, 0.25) is 0 Å². The molecule has 0 aliphatic carbocycles. The van der Waals surface area contributed by atoms with Crippen LogP contribution in [0.5, 0.6) is 5.75 Å². The third-order valence-corrected chi connectivity index (χ3v) is 11.3. The Morgan fingerprint density at radius 1 is 0.412 bits per heavy atom. The lowest BCUT2D eigenvalue weighted by atomic mass is 9.98. The van der Waals surface area contributed by atoms with E-state index >= 15 is 4.39 Å². The molecular weight excluding hydrogens is 909 g/mol. The number of hydrogen-bond donors (Lipinski definition) is 0. The molecule has 15 heteroatoms. The van der Waals surface area contributed by atoms with Crippen LogP contribution in [0.25, 0.3) is 66.3 Å². The monoisotopic (exact) mass is 944 g/mol. The molecule has 0 bridgehead atoms. The lowest BCUT2D eigenvalue weighted by Gasteiger charge is -2.20. The molecule has 348 valence electrons. The van der Waals surface area contributed by atoms with Crippen molar-refractivity contribution in [2.45, 2.75) is 45.9 Å². The van der Waals surface area contributed by atoms with Gasteiger partial charge in [0.05, 0.1) is 5.52 Å². The minimum absolute atomic E-state index is 0.186. The molecular formula is C53H36F12N2O. The van der Waals surface area contributed by atoms with Gasteiger partial charge in [0.1, 0.15) is 34.6 Å². The minimum Gasteiger partial charge on any atom is -0.429 e. The van der Waals surface area contributed by atoms with Crippen LogP contribution in [0, 0.1) is 58.2 Å². The van der Waals surface area contributed by atoms with Crippen molar-refractivity contribution in [3.05, 3.63) is 197 Å². The average Bonchev–Trinajstić information content (AvgIpc) is 3.91. The molecule has 7 aromatic carbocycles. The van der Waals surface area contributed by atoms with Gasteiger partial charge in [0.2, 0.25) is 0 Å². The van der Waals surface area contributed by atoms with Crippen molar-refractivity contribution < 1.29 is 57.4 Å². The number of alkyl halides is 2. The van der Waals surface area contributed by atoms with E-state index in [-0.39, 0.29) is 16.5 Å². The zero-order valence-corrected chi connectivity index (χ0v) is 35.9. The summed E-state index contributed by atoms with van der Waals surface area (Å²) in [7, 11) is 0. The molecule has 0 aliphatic heterocycles. The van der Waals surface area contributed by atoms with E-state index in [4.69, 9.17) is 0 Å². The smallest absolute Gasteiger partial charge is 0.429 e. The highest BCUT2D eigenvalue weighted by atomic mass is 19.3. The second kappa shape index (κ2) is 19.1. The maximum absolute atomic E-state index is 15.2. The van der Waals surface area contributed by atoms with Gasteiger partial charge in [-0.1, -0.05) is 50.2 Å². The van der Waals surface area contributed by atoms with Gasteiger partial charge < -0.3 is 13.9 Å². The van der Waals surface area contributed by atoms with Crippen molar-refractivity contribution in [1.82, 2.24) is 9.13 Å². The molecule has 9 aromatic rings. The van der Waals surface area contributed by atoms with Gasteiger partial charge >= 0.3 is 6.11 Å². The molecule has 3 nitrogen and oxygen atoms in total. The molecule has 2 aromatic heterocycles.